The largest absolute Gasteiger partial charge is 0.493 e. The summed E-state index contributed by atoms with van der Waals surface area (Å²) in [5, 5.41) is 2.64. The number of carbonyl (C=O) groups is 1. The molecular formula is C25H25FN2O2. The number of halogens is 1. The molecule has 3 aliphatic rings. The van der Waals surface area contributed by atoms with Crippen molar-refractivity contribution in [3.8, 4) is 16.9 Å². The van der Waals surface area contributed by atoms with Crippen LogP contribution in [0.1, 0.15) is 23.1 Å². The van der Waals surface area contributed by atoms with Crippen LogP contribution in [0.15, 0.2) is 48.5 Å². The minimum Gasteiger partial charge on any atom is -0.493 e. The maximum absolute atomic E-state index is 14.1. The zero-order valence-electron chi connectivity index (χ0n) is 17.5. The van der Waals surface area contributed by atoms with Crippen LogP contribution in [0.2, 0.25) is 0 Å². The predicted octanol–water partition coefficient (Wildman–Crippen LogP) is 5.06. The van der Waals surface area contributed by atoms with Crippen molar-refractivity contribution in [2.45, 2.75) is 13.3 Å². The zero-order valence-corrected chi connectivity index (χ0v) is 17.5. The maximum atomic E-state index is 14.1. The number of benzene rings is 1. The van der Waals surface area contributed by atoms with Crippen LogP contribution in [0.25, 0.3) is 22.8 Å². The molecule has 4 nitrogen and oxygen atoms in total. The molecule has 1 amide bonds. The van der Waals surface area contributed by atoms with Crippen molar-refractivity contribution in [2.75, 3.05) is 32.6 Å². The van der Waals surface area contributed by atoms with Crippen molar-refractivity contribution >= 4 is 23.2 Å². The number of amides is 1. The van der Waals surface area contributed by atoms with Crippen molar-refractivity contribution in [2.24, 2.45) is 0 Å². The van der Waals surface area contributed by atoms with E-state index in [0.717, 1.165) is 41.0 Å². The van der Waals surface area contributed by atoms with E-state index in [4.69, 9.17) is 4.74 Å². The van der Waals surface area contributed by atoms with E-state index in [1.807, 2.05) is 51.4 Å². The Balaban J connectivity index is 1.70. The van der Waals surface area contributed by atoms with Gasteiger partial charge in [0.2, 0.25) is 0 Å². The lowest BCUT2D eigenvalue weighted by atomic mass is 10.0. The summed E-state index contributed by atoms with van der Waals surface area (Å²) in [5.74, 6) is 0.119. The van der Waals surface area contributed by atoms with Crippen molar-refractivity contribution in [1.29, 1.82) is 0 Å². The molecule has 30 heavy (non-hydrogen) atoms. The molecule has 1 aliphatic heterocycles. The van der Waals surface area contributed by atoms with Gasteiger partial charge in [-0.05, 0) is 62.3 Å². The van der Waals surface area contributed by atoms with Gasteiger partial charge in [-0.25, -0.2) is 4.39 Å². The Bertz CT molecular complexity index is 1100. The Morgan fingerprint density at radius 3 is 2.67 bits per heavy atom. The number of anilines is 1. The first kappa shape index (κ1) is 20.1. The summed E-state index contributed by atoms with van der Waals surface area (Å²) in [5.41, 5.74) is 5.34. The highest BCUT2D eigenvalue weighted by Gasteiger charge is 2.27. The van der Waals surface area contributed by atoms with Gasteiger partial charge in [-0.1, -0.05) is 36.4 Å². The fourth-order valence-electron chi connectivity index (χ4n) is 3.90. The first-order valence-corrected chi connectivity index (χ1v) is 10.1. The van der Waals surface area contributed by atoms with Gasteiger partial charge in [-0.15, -0.1) is 0 Å². The van der Waals surface area contributed by atoms with Crippen LogP contribution in [-0.2, 0) is 4.79 Å². The third kappa shape index (κ3) is 3.81. The first-order chi connectivity index (χ1) is 14.5. The van der Waals surface area contributed by atoms with Gasteiger partial charge in [-0.2, -0.15) is 0 Å². The summed E-state index contributed by atoms with van der Waals surface area (Å²) < 4.78 is 20.2. The van der Waals surface area contributed by atoms with Gasteiger partial charge in [0.15, 0.2) is 0 Å². The topological polar surface area (TPSA) is 41.6 Å². The fourth-order valence-corrected chi connectivity index (χ4v) is 3.90. The second-order valence-electron chi connectivity index (χ2n) is 7.83. The number of ether oxygens (including phenoxy) is 1. The number of aryl methyl sites for hydroxylation is 1. The molecule has 154 valence electrons. The van der Waals surface area contributed by atoms with Gasteiger partial charge in [0.25, 0.3) is 5.91 Å². The van der Waals surface area contributed by atoms with Crippen molar-refractivity contribution in [3.05, 3.63) is 71.0 Å². The van der Waals surface area contributed by atoms with Gasteiger partial charge < -0.3 is 15.0 Å². The summed E-state index contributed by atoms with van der Waals surface area (Å²) in [4.78, 5) is 14.6. The molecule has 0 unspecified atom stereocenters. The summed E-state index contributed by atoms with van der Waals surface area (Å²) >= 11 is 0. The van der Waals surface area contributed by atoms with E-state index in [9.17, 15) is 9.18 Å². The van der Waals surface area contributed by atoms with Gasteiger partial charge in [0.05, 0.1) is 12.3 Å². The minimum atomic E-state index is -0.424. The maximum Gasteiger partial charge on any atom is 0.256 e. The van der Waals surface area contributed by atoms with E-state index in [0.29, 0.717) is 17.7 Å². The van der Waals surface area contributed by atoms with Gasteiger partial charge in [-0.3, -0.25) is 4.79 Å². The van der Waals surface area contributed by atoms with Crippen LogP contribution >= 0.6 is 0 Å². The number of rotatable bonds is 6. The molecule has 5 heteroatoms. The Morgan fingerprint density at radius 1 is 1.10 bits per heavy atom. The Morgan fingerprint density at radius 2 is 1.87 bits per heavy atom. The molecule has 0 saturated heterocycles. The minimum absolute atomic E-state index is 0.247. The van der Waals surface area contributed by atoms with E-state index in [-0.39, 0.29) is 11.6 Å². The summed E-state index contributed by atoms with van der Waals surface area (Å²) in [7, 11) is 4.09. The zero-order chi connectivity index (χ0) is 21.3. The summed E-state index contributed by atoms with van der Waals surface area (Å²) in [6, 6.07) is 14.7. The van der Waals surface area contributed by atoms with Crippen LogP contribution in [0.4, 0.5) is 10.1 Å². The molecule has 0 atom stereocenters. The second-order valence-corrected chi connectivity index (χ2v) is 7.83. The Kier molecular flexibility index (Phi) is 5.55. The molecule has 0 bridgehead atoms. The summed E-state index contributed by atoms with van der Waals surface area (Å²) in [6.07, 6.45) is 2.78. The average Bonchev–Trinajstić information content (AvgIpc) is 3.08. The third-order valence-corrected chi connectivity index (χ3v) is 5.31. The fraction of sp³-hybridized carbons (Fsp3) is 0.240. The molecule has 0 radical (unpaired) electrons. The van der Waals surface area contributed by atoms with E-state index >= 15 is 0 Å². The molecule has 0 aromatic heterocycles. The first-order valence-electron chi connectivity index (χ1n) is 10.1. The molecule has 0 spiro atoms. The number of para-hydroxylation sites is 1. The lowest BCUT2D eigenvalue weighted by molar-refractivity contribution is -0.110. The molecule has 0 saturated carbocycles. The third-order valence-electron chi connectivity index (χ3n) is 5.31. The van der Waals surface area contributed by atoms with E-state index in [2.05, 4.69) is 16.3 Å². The van der Waals surface area contributed by atoms with E-state index in [1.165, 1.54) is 6.07 Å². The van der Waals surface area contributed by atoms with Crippen LogP contribution in [-0.4, -0.2) is 38.1 Å². The molecule has 4 rings (SSSR count). The number of hydrogen-bond donors (Lipinski definition) is 1. The number of hydrogen-bond acceptors (Lipinski definition) is 3. The van der Waals surface area contributed by atoms with E-state index in [1.54, 1.807) is 12.1 Å². The summed E-state index contributed by atoms with van der Waals surface area (Å²) in [6.45, 7) is 3.64. The molecule has 0 fully saturated rings. The van der Waals surface area contributed by atoms with Crippen molar-refractivity contribution in [3.63, 3.8) is 0 Å². The number of nitrogens with one attached hydrogen (secondary N) is 1. The molecule has 2 aliphatic carbocycles. The number of carbonyl (C=O) groups excluding carboxylic acids is 1. The quantitative estimate of drug-likeness (QED) is 0.461. The van der Waals surface area contributed by atoms with Gasteiger partial charge in [0, 0.05) is 23.2 Å². The van der Waals surface area contributed by atoms with E-state index < -0.39 is 5.82 Å². The smallest absolute Gasteiger partial charge is 0.256 e. The average molecular weight is 404 g/mol. The molecule has 1 aromatic carbocycles. The second kappa shape index (κ2) is 8.28. The van der Waals surface area contributed by atoms with Crippen molar-refractivity contribution in [1.82, 2.24) is 4.90 Å². The van der Waals surface area contributed by atoms with Gasteiger partial charge in [0.1, 0.15) is 11.6 Å². The molecule has 1 N–H and O–H groups in total. The van der Waals surface area contributed by atoms with Crippen LogP contribution < -0.4 is 10.1 Å². The highest BCUT2D eigenvalue weighted by molar-refractivity contribution is 6.35. The highest BCUT2D eigenvalue weighted by atomic mass is 19.1. The monoisotopic (exact) mass is 404 g/mol. The lowest BCUT2D eigenvalue weighted by Gasteiger charge is -2.12. The van der Waals surface area contributed by atoms with Crippen LogP contribution in [0.5, 0.6) is 5.75 Å². The predicted molar refractivity (Wildman–Crippen MR) is 119 cm³/mol. The molecular weight excluding hydrogens is 379 g/mol. The highest BCUT2D eigenvalue weighted by Crippen LogP contribution is 2.42. The van der Waals surface area contributed by atoms with Crippen LogP contribution in [0.3, 0.4) is 0 Å². The normalized spacial score (nSPS) is 14.4. The SMILES string of the molecule is Cc1cc(/C=C2\C(=O)Nc3c(F)cccc32)c2ccccc(OCCCN(C)C)c1-2. The van der Waals surface area contributed by atoms with Gasteiger partial charge >= 0.3 is 0 Å². The Hall–Kier alpha value is -3.18. The lowest BCUT2D eigenvalue weighted by Crippen LogP contribution is -2.15. The standard InChI is InChI=1S/C25H25FN2O2/c1-16-14-17(15-20-19-9-6-10-21(26)24(19)27-25(20)29)18-8-4-5-11-22(23(16)18)30-13-7-12-28(2)3/h4-6,8-11,14-15H,7,12-13H2,1-3H3,(H,27,29)/b20-15-. The number of nitrogens with zero attached hydrogens (tertiary/aromatic N) is 1. The van der Waals surface area contributed by atoms with Crippen LogP contribution in [0, 0.1) is 12.7 Å². The van der Waals surface area contributed by atoms with Crippen molar-refractivity contribution < 1.29 is 13.9 Å². The molecule has 1 aromatic rings. The Labute approximate surface area is 176 Å². The number of fused-ring (bicyclic) bond motifs is 2. The molecule has 1 heterocycles.